The summed E-state index contributed by atoms with van der Waals surface area (Å²) in [5.74, 6) is -2.87. The number of aromatic nitrogens is 1. The average molecular weight is 273 g/mol. The third kappa shape index (κ3) is 2.40. The summed E-state index contributed by atoms with van der Waals surface area (Å²) in [6.45, 7) is 0. The molecule has 1 heterocycles. The number of rotatable bonds is 4. The van der Waals surface area contributed by atoms with Crippen molar-refractivity contribution in [1.29, 1.82) is 0 Å². The number of Topliss-reactive ketones (excluding diaryl/α,β-unsaturated/α-hetero) is 2. The van der Waals surface area contributed by atoms with E-state index in [2.05, 4.69) is 4.98 Å². The minimum Gasteiger partial charge on any atom is -0.293 e. The lowest BCUT2D eigenvalue weighted by Gasteiger charge is -1.95. The van der Waals surface area contributed by atoms with E-state index in [0.717, 1.165) is 11.3 Å². The van der Waals surface area contributed by atoms with Crippen LogP contribution in [0.4, 0.5) is 13.2 Å². The van der Waals surface area contributed by atoms with Crippen LogP contribution in [0.1, 0.15) is 16.2 Å². The maximum absolute atomic E-state index is 13.3. The molecule has 0 bridgehead atoms. The number of nitrogens with zero attached hydrogens (tertiary/aromatic N) is 1. The minimum absolute atomic E-state index is 0.00958. The number of alkyl halides is 2. The first-order valence-electron chi connectivity index (χ1n) is 4.88. The highest BCUT2D eigenvalue weighted by atomic mass is 32.1. The van der Waals surface area contributed by atoms with Crippen molar-refractivity contribution in [1.82, 2.24) is 4.98 Å². The molecule has 0 aliphatic heterocycles. The van der Waals surface area contributed by atoms with Gasteiger partial charge in [0.1, 0.15) is 11.3 Å². The molecule has 18 heavy (non-hydrogen) atoms. The van der Waals surface area contributed by atoms with Gasteiger partial charge in [0.25, 0.3) is 6.43 Å². The van der Waals surface area contributed by atoms with E-state index in [4.69, 9.17) is 0 Å². The lowest BCUT2D eigenvalue weighted by Crippen LogP contribution is -2.15. The number of benzene rings is 1. The van der Waals surface area contributed by atoms with Gasteiger partial charge in [-0.05, 0) is 12.1 Å². The highest BCUT2D eigenvalue weighted by Crippen LogP contribution is 2.25. The number of carbonyl (C=O) groups excluding carboxylic acids is 2. The zero-order valence-corrected chi connectivity index (χ0v) is 9.64. The van der Waals surface area contributed by atoms with Crippen molar-refractivity contribution < 1.29 is 22.8 Å². The zero-order chi connectivity index (χ0) is 13.3. The van der Waals surface area contributed by atoms with Gasteiger partial charge in [0.05, 0.1) is 11.1 Å². The fourth-order valence-corrected chi connectivity index (χ4v) is 2.26. The molecule has 0 atom stereocenters. The molecule has 2 aromatic rings. The number of para-hydroxylation sites is 1. The summed E-state index contributed by atoms with van der Waals surface area (Å²) in [5, 5.41) is -0.135. The molecular formula is C11H6F3NO2S. The normalized spacial score (nSPS) is 11.1. The Morgan fingerprint density at radius 2 is 2.06 bits per heavy atom. The van der Waals surface area contributed by atoms with E-state index in [1.54, 1.807) is 6.07 Å². The Bertz CT molecular complexity index is 624. The van der Waals surface area contributed by atoms with Crippen LogP contribution < -0.4 is 0 Å². The van der Waals surface area contributed by atoms with Crippen molar-refractivity contribution in [2.45, 2.75) is 12.8 Å². The van der Waals surface area contributed by atoms with E-state index in [-0.39, 0.29) is 10.5 Å². The van der Waals surface area contributed by atoms with Crippen LogP contribution in [0.2, 0.25) is 0 Å². The van der Waals surface area contributed by atoms with Gasteiger partial charge in [-0.15, -0.1) is 11.3 Å². The Morgan fingerprint density at radius 1 is 1.33 bits per heavy atom. The highest BCUT2D eigenvalue weighted by Gasteiger charge is 2.22. The fraction of sp³-hybridized carbons (Fsp3) is 0.182. The largest absolute Gasteiger partial charge is 0.296 e. The van der Waals surface area contributed by atoms with Gasteiger partial charge in [0.2, 0.25) is 5.78 Å². The first-order valence-corrected chi connectivity index (χ1v) is 5.70. The van der Waals surface area contributed by atoms with Crippen LogP contribution in [0.15, 0.2) is 18.2 Å². The second-order valence-electron chi connectivity index (χ2n) is 3.47. The van der Waals surface area contributed by atoms with Crippen LogP contribution >= 0.6 is 11.3 Å². The Morgan fingerprint density at radius 3 is 2.67 bits per heavy atom. The van der Waals surface area contributed by atoms with Crippen molar-refractivity contribution in [3.63, 3.8) is 0 Å². The van der Waals surface area contributed by atoms with Crippen LogP contribution in [0.5, 0.6) is 0 Å². The van der Waals surface area contributed by atoms with Gasteiger partial charge in [-0.3, -0.25) is 9.59 Å². The molecule has 1 aromatic heterocycles. The molecule has 3 nitrogen and oxygen atoms in total. The van der Waals surface area contributed by atoms with E-state index < -0.39 is 30.2 Å². The maximum atomic E-state index is 13.3. The molecule has 2 rings (SSSR count). The van der Waals surface area contributed by atoms with Gasteiger partial charge in [0.15, 0.2) is 10.8 Å². The minimum atomic E-state index is -3.18. The molecule has 0 aliphatic carbocycles. The van der Waals surface area contributed by atoms with Crippen molar-refractivity contribution in [3.05, 3.63) is 29.0 Å². The summed E-state index contributed by atoms with van der Waals surface area (Å²) in [7, 11) is 0. The summed E-state index contributed by atoms with van der Waals surface area (Å²) >= 11 is 0.875. The van der Waals surface area contributed by atoms with Crippen molar-refractivity contribution >= 4 is 33.1 Å². The van der Waals surface area contributed by atoms with Crippen LogP contribution in [0.3, 0.4) is 0 Å². The van der Waals surface area contributed by atoms with Crippen LogP contribution in [-0.2, 0) is 4.79 Å². The summed E-state index contributed by atoms with van der Waals surface area (Å²) in [4.78, 5) is 26.0. The standard InChI is InChI=1S/C11H6F3NO2S/c12-5-2-1-3-8-9(5)15-11(18-8)7(17)4-6(16)10(13)14/h1-3,10H,4H2. The Kier molecular flexibility index (Phi) is 3.42. The Labute approximate surface area is 103 Å². The quantitative estimate of drug-likeness (QED) is 0.635. The first kappa shape index (κ1) is 12.7. The van der Waals surface area contributed by atoms with Crippen LogP contribution in [0, 0.1) is 5.82 Å². The molecule has 0 spiro atoms. The second kappa shape index (κ2) is 4.85. The molecule has 0 N–H and O–H groups in total. The number of carbonyl (C=O) groups is 2. The SMILES string of the molecule is O=C(CC(=O)C(F)F)c1nc2c(F)cccc2s1. The van der Waals surface area contributed by atoms with Crippen molar-refractivity contribution in [2.24, 2.45) is 0 Å². The van der Waals surface area contributed by atoms with Gasteiger partial charge in [-0.25, -0.2) is 18.2 Å². The molecule has 0 fully saturated rings. The predicted molar refractivity (Wildman–Crippen MR) is 59.5 cm³/mol. The molecule has 0 saturated heterocycles. The van der Waals surface area contributed by atoms with E-state index in [1.807, 2.05) is 0 Å². The van der Waals surface area contributed by atoms with E-state index in [1.165, 1.54) is 12.1 Å². The summed E-state index contributed by atoms with van der Waals surface area (Å²) < 4.78 is 37.7. The fourth-order valence-electron chi connectivity index (χ4n) is 1.35. The topological polar surface area (TPSA) is 47.0 Å². The van der Waals surface area contributed by atoms with Crippen LogP contribution in [0.25, 0.3) is 10.2 Å². The monoisotopic (exact) mass is 273 g/mol. The average Bonchev–Trinajstić information content (AvgIpc) is 2.74. The molecular weight excluding hydrogens is 267 g/mol. The van der Waals surface area contributed by atoms with Gasteiger partial charge < -0.3 is 0 Å². The van der Waals surface area contributed by atoms with Crippen LogP contribution in [-0.4, -0.2) is 23.0 Å². The van der Waals surface area contributed by atoms with Gasteiger partial charge in [0, 0.05) is 0 Å². The summed E-state index contributed by atoms with van der Waals surface area (Å²) in [6.07, 6.45) is -4.10. The van der Waals surface area contributed by atoms with E-state index >= 15 is 0 Å². The molecule has 1 aromatic carbocycles. The molecule has 94 valence electrons. The Hall–Kier alpha value is -1.76. The smallest absolute Gasteiger partial charge is 0.293 e. The lowest BCUT2D eigenvalue weighted by molar-refractivity contribution is -0.128. The molecule has 0 unspecified atom stereocenters. The summed E-state index contributed by atoms with van der Waals surface area (Å²) in [6, 6.07) is 4.19. The van der Waals surface area contributed by atoms with E-state index in [9.17, 15) is 22.8 Å². The van der Waals surface area contributed by atoms with E-state index in [0.29, 0.717) is 4.70 Å². The highest BCUT2D eigenvalue weighted by molar-refractivity contribution is 7.20. The van der Waals surface area contributed by atoms with Crippen molar-refractivity contribution in [3.8, 4) is 0 Å². The lowest BCUT2D eigenvalue weighted by atomic mass is 10.2. The molecule has 7 heteroatoms. The third-order valence-electron chi connectivity index (χ3n) is 2.19. The van der Waals surface area contributed by atoms with Gasteiger partial charge in [-0.2, -0.15) is 0 Å². The van der Waals surface area contributed by atoms with Crippen molar-refractivity contribution in [2.75, 3.05) is 0 Å². The summed E-state index contributed by atoms with van der Waals surface area (Å²) in [5.41, 5.74) is 0.00958. The molecule has 0 radical (unpaired) electrons. The zero-order valence-electron chi connectivity index (χ0n) is 8.82. The molecule has 0 amide bonds. The number of thiazole rings is 1. The molecule has 0 saturated carbocycles. The van der Waals surface area contributed by atoms with Gasteiger partial charge >= 0.3 is 0 Å². The maximum Gasteiger partial charge on any atom is 0.296 e. The second-order valence-corrected chi connectivity index (χ2v) is 4.50. The number of fused-ring (bicyclic) bond motifs is 1. The Balaban J connectivity index is 2.29. The number of halogens is 3. The predicted octanol–water partition coefficient (Wildman–Crippen LogP) is 2.84. The number of hydrogen-bond donors (Lipinski definition) is 0. The number of ketones is 2. The number of hydrogen-bond acceptors (Lipinski definition) is 4. The third-order valence-corrected chi connectivity index (χ3v) is 3.25. The first-order chi connectivity index (χ1) is 8.49. The van der Waals surface area contributed by atoms with Gasteiger partial charge in [-0.1, -0.05) is 6.07 Å². The molecule has 0 aliphatic rings.